The van der Waals surface area contributed by atoms with E-state index < -0.39 is 5.95 Å². The predicted molar refractivity (Wildman–Crippen MR) is 85.6 cm³/mol. The van der Waals surface area contributed by atoms with Crippen molar-refractivity contribution in [1.29, 1.82) is 0 Å². The Kier molecular flexibility index (Phi) is 4.39. The summed E-state index contributed by atoms with van der Waals surface area (Å²) in [7, 11) is 0. The van der Waals surface area contributed by atoms with E-state index in [1.807, 2.05) is 0 Å². The molecule has 1 N–H and O–H groups in total. The molecule has 1 aromatic carbocycles. The molecule has 1 fully saturated rings. The number of benzene rings is 1. The standard InChI is InChI=1S/C18H21FN2O/c1-14-5-2-3-6-15(14)18(9-11-22-12-10-18)13-20-17-8-4-7-16(19)21-17/h2-8H,9-13H2,1H3,(H,20,21). The van der Waals surface area contributed by atoms with Gasteiger partial charge in [0.15, 0.2) is 0 Å². The van der Waals surface area contributed by atoms with Crippen molar-refractivity contribution >= 4 is 5.82 Å². The summed E-state index contributed by atoms with van der Waals surface area (Å²) >= 11 is 0. The number of pyridine rings is 1. The van der Waals surface area contributed by atoms with Crippen LogP contribution in [0.4, 0.5) is 10.2 Å². The molecule has 0 amide bonds. The van der Waals surface area contributed by atoms with Gasteiger partial charge in [0.05, 0.1) is 0 Å². The Morgan fingerprint density at radius 3 is 2.64 bits per heavy atom. The van der Waals surface area contributed by atoms with Crippen molar-refractivity contribution in [2.45, 2.75) is 25.2 Å². The summed E-state index contributed by atoms with van der Waals surface area (Å²) < 4.78 is 18.8. The van der Waals surface area contributed by atoms with E-state index >= 15 is 0 Å². The van der Waals surface area contributed by atoms with Crippen LogP contribution in [0.5, 0.6) is 0 Å². The summed E-state index contributed by atoms with van der Waals surface area (Å²) in [5.74, 6) is 0.126. The molecular formula is C18H21FN2O. The Morgan fingerprint density at radius 2 is 1.91 bits per heavy atom. The smallest absolute Gasteiger partial charge is 0.214 e. The van der Waals surface area contributed by atoms with Crippen molar-refractivity contribution in [3.05, 3.63) is 59.5 Å². The summed E-state index contributed by atoms with van der Waals surface area (Å²) in [6.45, 7) is 4.39. The fraction of sp³-hybridized carbons (Fsp3) is 0.389. The molecule has 116 valence electrons. The molecule has 22 heavy (non-hydrogen) atoms. The number of hydrogen-bond acceptors (Lipinski definition) is 3. The van der Waals surface area contributed by atoms with Gasteiger partial charge in [0, 0.05) is 25.2 Å². The van der Waals surface area contributed by atoms with Gasteiger partial charge in [-0.15, -0.1) is 0 Å². The molecule has 1 aliphatic rings. The average molecular weight is 300 g/mol. The number of nitrogens with one attached hydrogen (secondary N) is 1. The minimum absolute atomic E-state index is 0.0115. The molecular weight excluding hydrogens is 279 g/mol. The Labute approximate surface area is 130 Å². The normalized spacial score (nSPS) is 17.2. The molecule has 2 heterocycles. The first kappa shape index (κ1) is 15.0. The largest absolute Gasteiger partial charge is 0.381 e. The number of ether oxygens (including phenoxy) is 1. The van der Waals surface area contributed by atoms with Crippen LogP contribution in [-0.2, 0) is 10.2 Å². The van der Waals surface area contributed by atoms with Crippen LogP contribution in [0.25, 0.3) is 0 Å². The van der Waals surface area contributed by atoms with Gasteiger partial charge >= 0.3 is 0 Å². The first-order valence-corrected chi connectivity index (χ1v) is 7.70. The highest BCUT2D eigenvalue weighted by Gasteiger charge is 2.35. The SMILES string of the molecule is Cc1ccccc1C1(CNc2cccc(F)n2)CCOCC1. The molecule has 3 nitrogen and oxygen atoms in total. The predicted octanol–water partition coefficient (Wildman–Crippen LogP) is 3.69. The number of anilines is 1. The molecule has 0 spiro atoms. The quantitative estimate of drug-likeness (QED) is 0.874. The summed E-state index contributed by atoms with van der Waals surface area (Å²) in [4.78, 5) is 3.90. The zero-order valence-corrected chi connectivity index (χ0v) is 12.8. The van der Waals surface area contributed by atoms with Crippen molar-refractivity contribution in [3.8, 4) is 0 Å². The molecule has 0 radical (unpaired) electrons. The number of rotatable bonds is 4. The highest BCUT2D eigenvalue weighted by molar-refractivity contribution is 5.39. The number of aromatic nitrogens is 1. The minimum atomic E-state index is -0.457. The molecule has 0 bridgehead atoms. The molecule has 1 aliphatic heterocycles. The molecule has 3 rings (SSSR count). The molecule has 4 heteroatoms. The van der Waals surface area contributed by atoms with Gasteiger partial charge in [-0.25, -0.2) is 4.98 Å². The van der Waals surface area contributed by atoms with Crippen molar-refractivity contribution < 1.29 is 9.13 Å². The van der Waals surface area contributed by atoms with E-state index in [1.165, 1.54) is 17.2 Å². The maximum Gasteiger partial charge on any atom is 0.214 e. The van der Waals surface area contributed by atoms with Crippen LogP contribution >= 0.6 is 0 Å². The third kappa shape index (κ3) is 3.12. The van der Waals surface area contributed by atoms with Crippen molar-refractivity contribution in [2.75, 3.05) is 25.1 Å². The first-order valence-electron chi connectivity index (χ1n) is 7.70. The third-order valence-electron chi connectivity index (χ3n) is 4.49. The zero-order chi connectivity index (χ0) is 15.4. The van der Waals surface area contributed by atoms with Gasteiger partial charge in [-0.3, -0.25) is 0 Å². The molecule has 0 unspecified atom stereocenters. The summed E-state index contributed by atoms with van der Waals surface area (Å²) in [5.41, 5.74) is 2.65. The van der Waals surface area contributed by atoms with Crippen molar-refractivity contribution in [2.24, 2.45) is 0 Å². The Balaban J connectivity index is 1.85. The molecule has 0 atom stereocenters. The van der Waals surface area contributed by atoms with E-state index in [9.17, 15) is 4.39 Å². The van der Waals surface area contributed by atoms with Gasteiger partial charge < -0.3 is 10.1 Å². The summed E-state index contributed by atoms with van der Waals surface area (Å²) in [6.07, 6.45) is 1.92. The number of hydrogen-bond donors (Lipinski definition) is 1. The average Bonchev–Trinajstić information content (AvgIpc) is 2.54. The van der Waals surface area contributed by atoms with Gasteiger partial charge in [-0.1, -0.05) is 30.3 Å². The fourth-order valence-electron chi connectivity index (χ4n) is 3.24. The van der Waals surface area contributed by atoms with E-state index in [-0.39, 0.29) is 5.41 Å². The second-order valence-corrected chi connectivity index (χ2v) is 5.91. The monoisotopic (exact) mass is 300 g/mol. The molecule has 2 aromatic rings. The third-order valence-corrected chi connectivity index (χ3v) is 4.49. The Hall–Kier alpha value is -1.94. The van der Waals surface area contributed by atoms with Crippen LogP contribution in [0, 0.1) is 12.9 Å². The first-order chi connectivity index (χ1) is 10.7. The lowest BCUT2D eigenvalue weighted by atomic mass is 9.72. The highest BCUT2D eigenvalue weighted by atomic mass is 19.1. The van der Waals surface area contributed by atoms with Gasteiger partial charge in [0.2, 0.25) is 5.95 Å². The van der Waals surface area contributed by atoms with Crippen LogP contribution in [-0.4, -0.2) is 24.7 Å². The minimum Gasteiger partial charge on any atom is -0.381 e. The van der Waals surface area contributed by atoms with Gasteiger partial charge in [0.1, 0.15) is 5.82 Å². The molecule has 0 saturated carbocycles. The second-order valence-electron chi connectivity index (χ2n) is 5.91. The zero-order valence-electron chi connectivity index (χ0n) is 12.8. The fourth-order valence-corrected chi connectivity index (χ4v) is 3.24. The van der Waals surface area contributed by atoms with Crippen molar-refractivity contribution in [1.82, 2.24) is 4.98 Å². The summed E-state index contributed by atoms with van der Waals surface area (Å²) in [5, 5.41) is 3.32. The maximum atomic E-state index is 13.2. The van der Waals surface area contributed by atoms with Crippen LogP contribution in [0.1, 0.15) is 24.0 Å². The molecule has 1 aromatic heterocycles. The Morgan fingerprint density at radius 1 is 1.14 bits per heavy atom. The molecule has 1 saturated heterocycles. The number of aryl methyl sites for hydroxylation is 1. The van der Waals surface area contributed by atoms with E-state index in [0.717, 1.165) is 32.6 Å². The topological polar surface area (TPSA) is 34.2 Å². The lowest BCUT2D eigenvalue weighted by Gasteiger charge is -2.39. The van der Waals surface area contributed by atoms with Crippen LogP contribution in [0.2, 0.25) is 0 Å². The lowest BCUT2D eigenvalue weighted by molar-refractivity contribution is 0.0541. The van der Waals surface area contributed by atoms with Crippen LogP contribution in [0.15, 0.2) is 42.5 Å². The van der Waals surface area contributed by atoms with Crippen molar-refractivity contribution in [3.63, 3.8) is 0 Å². The second kappa shape index (κ2) is 6.44. The van der Waals surface area contributed by atoms with Gasteiger partial charge in [-0.2, -0.15) is 4.39 Å². The molecule has 0 aliphatic carbocycles. The van der Waals surface area contributed by atoms with E-state index in [1.54, 1.807) is 12.1 Å². The highest BCUT2D eigenvalue weighted by Crippen LogP contribution is 2.36. The Bertz CT molecular complexity index is 638. The van der Waals surface area contributed by atoms with Gasteiger partial charge in [-0.05, 0) is 43.0 Å². The number of halogens is 1. The van der Waals surface area contributed by atoms with E-state index in [0.29, 0.717) is 5.82 Å². The van der Waals surface area contributed by atoms with Gasteiger partial charge in [0.25, 0.3) is 0 Å². The van der Waals surface area contributed by atoms with Crippen LogP contribution < -0.4 is 5.32 Å². The van der Waals surface area contributed by atoms with E-state index in [4.69, 9.17) is 4.74 Å². The van der Waals surface area contributed by atoms with E-state index in [2.05, 4.69) is 41.5 Å². The maximum absolute atomic E-state index is 13.2. The van der Waals surface area contributed by atoms with Crippen LogP contribution in [0.3, 0.4) is 0 Å². The lowest BCUT2D eigenvalue weighted by Crippen LogP contribution is -2.40. The summed E-state index contributed by atoms with van der Waals surface area (Å²) in [6, 6.07) is 13.3. The number of nitrogens with zero attached hydrogens (tertiary/aromatic N) is 1.